The SMILES string of the molecule is CCOC(=O)Nc1ccc(NS(=O)(=O)c2cccc3cc(C)cnc23)cc1. The van der Waals surface area contributed by atoms with E-state index in [1.807, 2.05) is 19.1 Å². The molecule has 0 aliphatic heterocycles. The molecule has 2 N–H and O–H groups in total. The third kappa shape index (κ3) is 4.35. The molecule has 0 aliphatic rings. The van der Waals surface area contributed by atoms with Gasteiger partial charge in [0.2, 0.25) is 0 Å². The highest BCUT2D eigenvalue weighted by Crippen LogP contribution is 2.24. The maximum absolute atomic E-state index is 12.8. The van der Waals surface area contributed by atoms with Gasteiger partial charge in [0.25, 0.3) is 10.0 Å². The van der Waals surface area contributed by atoms with Crippen LogP contribution >= 0.6 is 0 Å². The molecular formula is C19H19N3O4S. The van der Waals surface area contributed by atoms with E-state index in [0.717, 1.165) is 10.9 Å². The number of fused-ring (bicyclic) bond motifs is 1. The third-order valence-corrected chi connectivity index (χ3v) is 5.17. The van der Waals surface area contributed by atoms with Gasteiger partial charge in [-0.2, -0.15) is 0 Å². The summed E-state index contributed by atoms with van der Waals surface area (Å²) in [5.74, 6) is 0. The highest BCUT2D eigenvalue weighted by atomic mass is 32.2. The molecule has 3 aromatic rings. The molecule has 1 heterocycles. The summed E-state index contributed by atoms with van der Waals surface area (Å²) >= 11 is 0. The summed E-state index contributed by atoms with van der Waals surface area (Å²) in [5.41, 5.74) is 2.23. The fourth-order valence-electron chi connectivity index (χ4n) is 2.58. The normalized spacial score (nSPS) is 11.2. The monoisotopic (exact) mass is 385 g/mol. The minimum atomic E-state index is -3.82. The van der Waals surface area contributed by atoms with Crippen LogP contribution in [0.25, 0.3) is 10.9 Å². The second kappa shape index (κ2) is 7.63. The molecule has 27 heavy (non-hydrogen) atoms. The van der Waals surface area contributed by atoms with Crippen LogP contribution in [0.1, 0.15) is 12.5 Å². The van der Waals surface area contributed by atoms with E-state index in [0.29, 0.717) is 16.9 Å². The van der Waals surface area contributed by atoms with E-state index in [-0.39, 0.29) is 11.5 Å². The van der Waals surface area contributed by atoms with Crippen LogP contribution < -0.4 is 10.0 Å². The largest absolute Gasteiger partial charge is 0.450 e. The first-order valence-electron chi connectivity index (χ1n) is 8.31. The maximum Gasteiger partial charge on any atom is 0.411 e. The third-order valence-electron chi connectivity index (χ3n) is 3.76. The summed E-state index contributed by atoms with van der Waals surface area (Å²) < 4.78 is 32.9. The lowest BCUT2D eigenvalue weighted by Crippen LogP contribution is -2.15. The van der Waals surface area contributed by atoms with Crippen LogP contribution in [-0.4, -0.2) is 26.1 Å². The van der Waals surface area contributed by atoms with E-state index < -0.39 is 16.1 Å². The Kier molecular flexibility index (Phi) is 5.27. The molecule has 0 unspecified atom stereocenters. The number of carbonyl (C=O) groups is 1. The number of para-hydroxylation sites is 1. The van der Waals surface area contributed by atoms with E-state index in [4.69, 9.17) is 4.74 Å². The fraction of sp³-hybridized carbons (Fsp3) is 0.158. The summed E-state index contributed by atoms with van der Waals surface area (Å²) in [6.45, 7) is 3.88. The van der Waals surface area contributed by atoms with Crippen molar-refractivity contribution < 1.29 is 17.9 Å². The molecule has 0 radical (unpaired) electrons. The number of hydrogen-bond donors (Lipinski definition) is 2. The standard InChI is InChI=1S/C19H19N3O4S/c1-3-26-19(23)21-15-7-9-16(10-8-15)22-27(24,25)17-6-4-5-14-11-13(2)12-20-18(14)17/h4-12,22H,3H2,1-2H3,(H,21,23). The molecule has 0 fully saturated rings. The Morgan fingerprint density at radius 2 is 1.81 bits per heavy atom. The van der Waals surface area contributed by atoms with E-state index in [1.165, 1.54) is 6.07 Å². The van der Waals surface area contributed by atoms with Crippen molar-refractivity contribution in [2.75, 3.05) is 16.6 Å². The second-order valence-corrected chi connectivity index (χ2v) is 7.52. The molecule has 0 atom stereocenters. The zero-order valence-electron chi connectivity index (χ0n) is 14.9. The molecule has 1 aromatic heterocycles. The number of hydrogen-bond acceptors (Lipinski definition) is 5. The van der Waals surface area contributed by atoms with Crippen LogP contribution in [0, 0.1) is 6.92 Å². The molecule has 0 saturated carbocycles. The van der Waals surface area contributed by atoms with Crippen LogP contribution in [0.4, 0.5) is 16.2 Å². The van der Waals surface area contributed by atoms with Crippen molar-refractivity contribution >= 4 is 38.4 Å². The smallest absolute Gasteiger partial charge is 0.411 e. The van der Waals surface area contributed by atoms with Gasteiger partial charge in [0.05, 0.1) is 12.1 Å². The average molecular weight is 385 g/mol. The van der Waals surface area contributed by atoms with Gasteiger partial charge in [0.15, 0.2) is 0 Å². The Bertz CT molecular complexity index is 1080. The predicted octanol–water partition coefficient (Wildman–Crippen LogP) is 3.91. The van der Waals surface area contributed by atoms with Gasteiger partial charge in [-0.15, -0.1) is 0 Å². The Labute approximate surface area is 157 Å². The Balaban J connectivity index is 1.84. The van der Waals surface area contributed by atoms with E-state index in [1.54, 1.807) is 43.5 Å². The predicted molar refractivity (Wildman–Crippen MR) is 104 cm³/mol. The number of aromatic nitrogens is 1. The van der Waals surface area contributed by atoms with Gasteiger partial charge in [-0.1, -0.05) is 12.1 Å². The van der Waals surface area contributed by atoms with Crippen LogP contribution in [0.2, 0.25) is 0 Å². The average Bonchev–Trinajstić information content (AvgIpc) is 2.62. The molecule has 1 amide bonds. The van der Waals surface area contributed by atoms with E-state index >= 15 is 0 Å². The molecular weight excluding hydrogens is 366 g/mol. The first-order chi connectivity index (χ1) is 12.9. The summed E-state index contributed by atoms with van der Waals surface area (Å²) in [7, 11) is -3.82. The highest BCUT2D eigenvalue weighted by molar-refractivity contribution is 7.93. The number of sulfonamides is 1. The van der Waals surface area contributed by atoms with Crippen LogP contribution in [0.15, 0.2) is 59.6 Å². The first kappa shape index (κ1) is 18.7. The highest BCUT2D eigenvalue weighted by Gasteiger charge is 2.18. The van der Waals surface area contributed by atoms with Crippen LogP contribution in [-0.2, 0) is 14.8 Å². The number of amides is 1. The zero-order chi connectivity index (χ0) is 19.4. The van der Waals surface area contributed by atoms with Crippen molar-refractivity contribution in [1.29, 1.82) is 0 Å². The topological polar surface area (TPSA) is 97.4 Å². The summed E-state index contributed by atoms with van der Waals surface area (Å²) in [4.78, 5) is 15.8. The number of nitrogens with zero attached hydrogens (tertiary/aromatic N) is 1. The molecule has 8 heteroatoms. The van der Waals surface area contributed by atoms with Gasteiger partial charge in [0, 0.05) is 23.0 Å². The number of pyridine rings is 1. The summed E-state index contributed by atoms with van der Waals surface area (Å²) in [5, 5.41) is 3.30. The minimum absolute atomic E-state index is 0.105. The van der Waals surface area contributed by atoms with Crippen LogP contribution in [0.5, 0.6) is 0 Å². The molecule has 0 spiro atoms. The second-order valence-electron chi connectivity index (χ2n) is 5.87. The number of benzene rings is 2. The van der Waals surface area contributed by atoms with Crippen molar-refractivity contribution in [2.45, 2.75) is 18.7 Å². The molecule has 7 nitrogen and oxygen atoms in total. The minimum Gasteiger partial charge on any atom is -0.450 e. The fourth-order valence-corrected chi connectivity index (χ4v) is 3.82. The molecule has 0 saturated heterocycles. The quantitative estimate of drug-likeness (QED) is 0.694. The summed E-state index contributed by atoms with van der Waals surface area (Å²) in [6.07, 6.45) is 1.07. The number of ether oxygens (including phenoxy) is 1. The van der Waals surface area contributed by atoms with Gasteiger partial charge in [-0.05, 0) is 55.8 Å². The lowest BCUT2D eigenvalue weighted by Gasteiger charge is -2.11. The van der Waals surface area contributed by atoms with Gasteiger partial charge in [-0.3, -0.25) is 15.0 Å². The maximum atomic E-state index is 12.8. The van der Waals surface area contributed by atoms with Crippen molar-refractivity contribution in [1.82, 2.24) is 4.98 Å². The van der Waals surface area contributed by atoms with Gasteiger partial charge < -0.3 is 4.74 Å². The van der Waals surface area contributed by atoms with Crippen molar-refractivity contribution in [3.63, 3.8) is 0 Å². The van der Waals surface area contributed by atoms with Crippen molar-refractivity contribution in [2.24, 2.45) is 0 Å². The number of rotatable bonds is 5. The Hall–Kier alpha value is -3.13. The van der Waals surface area contributed by atoms with Gasteiger partial charge >= 0.3 is 6.09 Å². The Morgan fingerprint density at radius 3 is 2.52 bits per heavy atom. The van der Waals surface area contributed by atoms with Crippen molar-refractivity contribution in [3.8, 4) is 0 Å². The number of carbonyl (C=O) groups excluding carboxylic acids is 1. The van der Waals surface area contributed by atoms with Gasteiger partial charge in [-0.25, -0.2) is 13.2 Å². The molecule has 0 bridgehead atoms. The van der Waals surface area contributed by atoms with Crippen LogP contribution in [0.3, 0.4) is 0 Å². The lowest BCUT2D eigenvalue weighted by atomic mass is 10.2. The lowest BCUT2D eigenvalue weighted by molar-refractivity contribution is 0.168. The molecule has 0 aliphatic carbocycles. The first-order valence-corrected chi connectivity index (χ1v) is 9.79. The van der Waals surface area contributed by atoms with E-state index in [9.17, 15) is 13.2 Å². The molecule has 3 rings (SSSR count). The zero-order valence-corrected chi connectivity index (χ0v) is 15.7. The van der Waals surface area contributed by atoms with E-state index in [2.05, 4.69) is 15.0 Å². The molecule has 140 valence electrons. The van der Waals surface area contributed by atoms with Crippen molar-refractivity contribution in [3.05, 3.63) is 60.3 Å². The number of nitrogens with one attached hydrogen (secondary N) is 2. The van der Waals surface area contributed by atoms with Gasteiger partial charge in [0.1, 0.15) is 4.90 Å². The number of aryl methyl sites for hydroxylation is 1. The summed E-state index contributed by atoms with van der Waals surface area (Å²) in [6, 6.07) is 13.2. The number of anilines is 2. The Morgan fingerprint density at radius 1 is 1.11 bits per heavy atom. The molecule has 2 aromatic carbocycles.